The van der Waals surface area contributed by atoms with Gasteiger partial charge in [-0.25, -0.2) is 4.79 Å². The molecular weight excluding hydrogens is 344 g/mol. The lowest BCUT2D eigenvalue weighted by atomic mass is 9.89. The average molecular weight is 367 g/mol. The van der Waals surface area contributed by atoms with Gasteiger partial charge in [0, 0.05) is 55.6 Å². The van der Waals surface area contributed by atoms with Crippen LogP contribution in [0.2, 0.25) is 5.02 Å². The van der Waals surface area contributed by atoms with Crippen LogP contribution in [0.4, 0.5) is 4.79 Å². The van der Waals surface area contributed by atoms with Crippen molar-refractivity contribution >= 4 is 23.6 Å². The monoisotopic (exact) mass is 366 g/mol. The summed E-state index contributed by atoms with van der Waals surface area (Å²) in [6, 6.07) is 7.59. The number of rotatable bonds is 4. The molecule has 2 atom stereocenters. The maximum atomic E-state index is 12.8. The first-order valence-electron chi connectivity index (χ1n) is 8.63. The standard InChI is InChI=1S/C18H23ClN2O4/c19-15-3-1-12(2-4-15)16-11-21(10-14(16)9-20-18(23)24)17(22)13-5-7-25-8-6-13/h1-4,13-14,16,20H,5-11H2,(H,23,24)/t14-,16-/m0/s1. The molecule has 0 radical (unpaired) electrons. The summed E-state index contributed by atoms with van der Waals surface area (Å²) >= 11 is 5.97. The molecule has 0 bridgehead atoms. The van der Waals surface area contributed by atoms with Crippen molar-refractivity contribution in [3.63, 3.8) is 0 Å². The van der Waals surface area contributed by atoms with Crippen LogP contribution < -0.4 is 5.32 Å². The van der Waals surface area contributed by atoms with Gasteiger partial charge in [-0.15, -0.1) is 0 Å². The number of hydrogen-bond acceptors (Lipinski definition) is 3. The molecule has 1 aromatic carbocycles. The van der Waals surface area contributed by atoms with E-state index >= 15 is 0 Å². The first-order valence-corrected chi connectivity index (χ1v) is 9.01. The molecular formula is C18H23ClN2O4. The number of carboxylic acid groups (broad SMARTS) is 1. The van der Waals surface area contributed by atoms with E-state index in [1.807, 2.05) is 29.2 Å². The highest BCUT2D eigenvalue weighted by molar-refractivity contribution is 6.30. The number of carbonyl (C=O) groups is 2. The minimum atomic E-state index is -1.04. The zero-order valence-corrected chi connectivity index (χ0v) is 14.7. The Bertz CT molecular complexity index is 616. The molecule has 0 aromatic heterocycles. The molecule has 0 unspecified atom stereocenters. The summed E-state index contributed by atoms with van der Waals surface area (Å²) in [6.45, 7) is 2.79. The van der Waals surface area contributed by atoms with Gasteiger partial charge in [0.25, 0.3) is 0 Å². The molecule has 2 fully saturated rings. The molecule has 1 aromatic rings. The summed E-state index contributed by atoms with van der Waals surface area (Å²) in [7, 11) is 0. The molecule has 0 saturated carbocycles. The van der Waals surface area contributed by atoms with Crippen LogP contribution in [0.15, 0.2) is 24.3 Å². The first-order chi connectivity index (χ1) is 12.0. The van der Waals surface area contributed by atoms with Crippen molar-refractivity contribution in [2.45, 2.75) is 18.8 Å². The fourth-order valence-corrected chi connectivity index (χ4v) is 3.89. The van der Waals surface area contributed by atoms with Crippen molar-refractivity contribution in [1.29, 1.82) is 0 Å². The fourth-order valence-electron chi connectivity index (χ4n) is 3.77. The molecule has 2 aliphatic heterocycles. The van der Waals surface area contributed by atoms with E-state index in [-0.39, 0.29) is 23.7 Å². The highest BCUT2D eigenvalue weighted by atomic mass is 35.5. The van der Waals surface area contributed by atoms with Crippen LogP contribution in [-0.2, 0) is 9.53 Å². The zero-order chi connectivity index (χ0) is 17.8. The van der Waals surface area contributed by atoms with Gasteiger partial charge in [0.2, 0.25) is 5.91 Å². The Hall–Kier alpha value is -1.79. The van der Waals surface area contributed by atoms with E-state index in [1.54, 1.807) is 0 Å². The van der Waals surface area contributed by atoms with Gasteiger partial charge in [0.05, 0.1) is 0 Å². The largest absolute Gasteiger partial charge is 0.465 e. The Morgan fingerprint density at radius 2 is 1.88 bits per heavy atom. The number of halogens is 1. The number of hydrogen-bond donors (Lipinski definition) is 2. The number of ether oxygens (including phenoxy) is 1. The third kappa shape index (κ3) is 4.44. The van der Waals surface area contributed by atoms with E-state index in [0.717, 1.165) is 18.4 Å². The predicted molar refractivity (Wildman–Crippen MR) is 93.8 cm³/mol. The maximum Gasteiger partial charge on any atom is 0.404 e. The summed E-state index contributed by atoms with van der Waals surface area (Å²) < 4.78 is 5.34. The van der Waals surface area contributed by atoms with Crippen LogP contribution >= 0.6 is 11.6 Å². The third-order valence-electron chi connectivity index (χ3n) is 5.14. The highest BCUT2D eigenvalue weighted by Gasteiger charge is 2.38. The Balaban J connectivity index is 1.73. The summed E-state index contributed by atoms with van der Waals surface area (Å²) in [5.74, 6) is 0.347. The Morgan fingerprint density at radius 3 is 2.52 bits per heavy atom. The lowest BCUT2D eigenvalue weighted by Gasteiger charge is -2.26. The van der Waals surface area contributed by atoms with Gasteiger partial charge in [0.1, 0.15) is 0 Å². The zero-order valence-electron chi connectivity index (χ0n) is 14.0. The van der Waals surface area contributed by atoms with E-state index < -0.39 is 6.09 Å². The Morgan fingerprint density at radius 1 is 1.20 bits per heavy atom. The summed E-state index contributed by atoms with van der Waals surface area (Å²) in [5.41, 5.74) is 1.09. The van der Waals surface area contributed by atoms with Gasteiger partial charge >= 0.3 is 6.09 Å². The van der Waals surface area contributed by atoms with Gasteiger partial charge in [-0.3, -0.25) is 4.79 Å². The molecule has 25 heavy (non-hydrogen) atoms. The summed E-state index contributed by atoms with van der Waals surface area (Å²) in [4.78, 5) is 25.6. The molecule has 7 heteroatoms. The molecule has 2 aliphatic rings. The lowest BCUT2D eigenvalue weighted by molar-refractivity contribution is -0.137. The number of likely N-dealkylation sites (tertiary alicyclic amines) is 1. The third-order valence-corrected chi connectivity index (χ3v) is 5.39. The average Bonchev–Trinajstić information content (AvgIpc) is 3.05. The second kappa shape index (κ2) is 8.06. The molecule has 6 nitrogen and oxygen atoms in total. The van der Waals surface area contributed by atoms with Gasteiger partial charge in [-0.05, 0) is 30.5 Å². The smallest absolute Gasteiger partial charge is 0.404 e. The van der Waals surface area contributed by atoms with Crippen molar-refractivity contribution in [1.82, 2.24) is 10.2 Å². The van der Waals surface area contributed by atoms with E-state index in [9.17, 15) is 9.59 Å². The quantitative estimate of drug-likeness (QED) is 0.858. The van der Waals surface area contributed by atoms with Gasteiger partial charge < -0.3 is 20.1 Å². The van der Waals surface area contributed by atoms with Crippen LogP contribution in [0.1, 0.15) is 24.3 Å². The van der Waals surface area contributed by atoms with Crippen LogP contribution in [0.25, 0.3) is 0 Å². The fraction of sp³-hybridized carbons (Fsp3) is 0.556. The molecule has 2 saturated heterocycles. The summed E-state index contributed by atoms with van der Waals surface area (Å²) in [6.07, 6.45) is 0.488. The summed E-state index contributed by atoms with van der Waals surface area (Å²) in [5, 5.41) is 12.1. The molecule has 2 heterocycles. The number of carbonyl (C=O) groups excluding carboxylic acids is 1. The minimum absolute atomic E-state index is 0.0193. The predicted octanol–water partition coefficient (Wildman–Crippen LogP) is 2.58. The normalized spacial score (nSPS) is 24.3. The van der Waals surface area contributed by atoms with Crippen molar-refractivity contribution in [2.75, 3.05) is 32.8 Å². The van der Waals surface area contributed by atoms with E-state index in [2.05, 4.69) is 5.32 Å². The van der Waals surface area contributed by atoms with Gasteiger partial charge in [-0.2, -0.15) is 0 Å². The molecule has 3 rings (SSSR count). The van der Waals surface area contributed by atoms with Crippen LogP contribution in [0.5, 0.6) is 0 Å². The van der Waals surface area contributed by atoms with Crippen molar-refractivity contribution < 1.29 is 19.4 Å². The Kier molecular flexibility index (Phi) is 5.81. The molecule has 136 valence electrons. The van der Waals surface area contributed by atoms with Gasteiger partial charge in [0.15, 0.2) is 0 Å². The highest BCUT2D eigenvalue weighted by Crippen LogP contribution is 2.34. The van der Waals surface area contributed by atoms with E-state index in [1.165, 1.54) is 0 Å². The lowest BCUT2D eigenvalue weighted by Crippen LogP contribution is -2.38. The number of nitrogens with zero attached hydrogens (tertiary/aromatic N) is 1. The van der Waals surface area contributed by atoms with Crippen molar-refractivity contribution in [3.8, 4) is 0 Å². The van der Waals surface area contributed by atoms with Crippen LogP contribution in [0, 0.1) is 11.8 Å². The molecule has 0 spiro atoms. The van der Waals surface area contributed by atoms with Crippen molar-refractivity contribution in [3.05, 3.63) is 34.9 Å². The SMILES string of the molecule is O=C(O)NC[C@H]1CN(C(=O)C2CCOCC2)C[C@H]1c1ccc(Cl)cc1. The van der Waals surface area contributed by atoms with Gasteiger partial charge in [-0.1, -0.05) is 23.7 Å². The number of nitrogens with one attached hydrogen (secondary N) is 1. The second-order valence-corrected chi connectivity index (χ2v) is 7.17. The Labute approximate surface area is 152 Å². The number of amides is 2. The second-order valence-electron chi connectivity index (χ2n) is 6.73. The maximum absolute atomic E-state index is 12.8. The molecule has 2 N–H and O–H groups in total. The van der Waals surface area contributed by atoms with Crippen LogP contribution in [-0.4, -0.2) is 54.9 Å². The molecule has 2 amide bonds. The first kappa shape index (κ1) is 18.0. The van der Waals surface area contributed by atoms with Crippen LogP contribution in [0.3, 0.4) is 0 Å². The number of benzene rings is 1. The topological polar surface area (TPSA) is 78.9 Å². The molecule has 0 aliphatic carbocycles. The minimum Gasteiger partial charge on any atom is -0.465 e. The van der Waals surface area contributed by atoms with Crippen molar-refractivity contribution in [2.24, 2.45) is 11.8 Å². The van der Waals surface area contributed by atoms with E-state index in [4.69, 9.17) is 21.4 Å². The van der Waals surface area contributed by atoms with E-state index in [0.29, 0.717) is 37.9 Å².